The topological polar surface area (TPSA) is 37.8 Å². The molecule has 2 aromatic carbocycles. The van der Waals surface area contributed by atoms with Crippen molar-refractivity contribution in [1.82, 2.24) is 9.97 Å². The van der Waals surface area contributed by atoms with Gasteiger partial charge in [-0.25, -0.2) is 4.98 Å². The van der Waals surface area contributed by atoms with E-state index in [0.29, 0.717) is 10.8 Å². The Labute approximate surface area is 159 Å². The molecule has 124 valence electrons. The highest BCUT2D eigenvalue weighted by atomic mass is 35.5. The number of fused-ring (bicyclic) bond motifs is 1. The Hall–Kier alpha value is -2.14. The first-order valence-corrected chi connectivity index (χ1v) is 9.24. The number of halogens is 2. The summed E-state index contributed by atoms with van der Waals surface area (Å²) in [6.45, 7) is 2.09. The molecular weight excluding hydrogens is 373 g/mol. The second-order valence-electron chi connectivity index (χ2n) is 5.53. The molecule has 0 amide bonds. The number of para-hydroxylation sites is 1. The van der Waals surface area contributed by atoms with E-state index >= 15 is 0 Å². The minimum Gasteiger partial charge on any atom is -0.338 e. The molecular formula is C19H13Cl2N3S. The third kappa shape index (κ3) is 3.09. The number of benzene rings is 2. The summed E-state index contributed by atoms with van der Waals surface area (Å²) in [5.74, 6) is 0.659. The Morgan fingerprint density at radius 2 is 1.64 bits per heavy atom. The molecule has 0 fully saturated rings. The Balaban J connectivity index is 1.96. The van der Waals surface area contributed by atoms with Gasteiger partial charge in [0.2, 0.25) is 5.28 Å². The summed E-state index contributed by atoms with van der Waals surface area (Å²) >= 11 is 14.0. The van der Waals surface area contributed by atoms with Crippen LogP contribution in [0.2, 0.25) is 10.3 Å². The van der Waals surface area contributed by atoms with Gasteiger partial charge < -0.3 is 5.32 Å². The fourth-order valence-corrected chi connectivity index (χ4v) is 4.27. The fourth-order valence-electron chi connectivity index (χ4n) is 2.82. The zero-order valence-electron chi connectivity index (χ0n) is 13.3. The Kier molecular flexibility index (Phi) is 4.34. The third-order valence-corrected chi connectivity index (χ3v) is 5.39. The molecule has 0 aliphatic heterocycles. The number of rotatable bonds is 3. The number of hydrogen-bond donors (Lipinski definition) is 1. The molecule has 0 bridgehead atoms. The van der Waals surface area contributed by atoms with E-state index in [9.17, 15) is 0 Å². The van der Waals surface area contributed by atoms with Crippen LogP contribution in [-0.2, 0) is 0 Å². The largest absolute Gasteiger partial charge is 0.338 e. The SMILES string of the molecule is Cc1sc2nc(Cl)nc(Nc3ccccc3Cl)c2c1-c1ccccc1. The van der Waals surface area contributed by atoms with Crippen molar-refractivity contribution in [2.75, 3.05) is 5.32 Å². The maximum atomic E-state index is 6.29. The van der Waals surface area contributed by atoms with Gasteiger partial charge in [0.05, 0.1) is 16.1 Å². The molecule has 25 heavy (non-hydrogen) atoms. The lowest BCUT2D eigenvalue weighted by molar-refractivity contribution is 1.23. The standard InChI is InChI=1S/C19H13Cl2N3S/c1-11-15(12-7-3-2-4-8-12)16-17(23-19(21)24-18(16)25-11)22-14-10-6-5-9-13(14)20/h2-10H,1H3,(H,22,23,24). The number of thiophene rings is 1. The van der Waals surface area contributed by atoms with Crippen LogP contribution in [0.5, 0.6) is 0 Å². The summed E-state index contributed by atoms with van der Waals surface area (Å²) in [5.41, 5.74) is 3.02. The van der Waals surface area contributed by atoms with Crippen molar-refractivity contribution in [3.8, 4) is 11.1 Å². The molecule has 0 saturated carbocycles. The molecule has 1 N–H and O–H groups in total. The highest BCUT2D eigenvalue weighted by Crippen LogP contribution is 2.42. The third-order valence-electron chi connectivity index (χ3n) is 3.89. The molecule has 0 aliphatic rings. The summed E-state index contributed by atoms with van der Waals surface area (Å²) in [5, 5.41) is 5.11. The number of aryl methyl sites for hydroxylation is 1. The van der Waals surface area contributed by atoms with Crippen LogP contribution in [-0.4, -0.2) is 9.97 Å². The molecule has 0 saturated heterocycles. The van der Waals surface area contributed by atoms with Gasteiger partial charge >= 0.3 is 0 Å². The predicted octanol–water partition coefficient (Wildman–Crippen LogP) is 6.72. The quantitative estimate of drug-likeness (QED) is 0.397. The second kappa shape index (κ2) is 6.64. The van der Waals surface area contributed by atoms with Crippen LogP contribution in [0.15, 0.2) is 54.6 Å². The minimum absolute atomic E-state index is 0.211. The summed E-state index contributed by atoms with van der Waals surface area (Å²) in [6, 6.07) is 17.8. The van der Waals surface area contributed by atoms with Gasteiger partial charge in [-0.05, 0) is 36.2 Å². The maximum Gasteiger partial charge on any atom is 0.225 e. The van der Waals surface area contributed by atoms with Crippen molar-refractivity contribution < 1.29 is 0 Å². The van der Waals surface area contributed by atoms with Crippen LogP contribution in [0.3, 0.4) is 0 Å². The number of nitrogens with one attached hydrogen (secondary N) is 1. The van der Waals surface area contributed by atoms with E-state index in [2.05, 4.69) is 34.3 Å². The molecule has 0 unspecified atom stereocenters. The molecule has 3 nitrogen and oxygen atoms in total. The molecule has 0 atom stereocenters. The molecule has 0 spiro atoms. The lowest BCUT2D eigenvalue weighted by Crippen LogP contribution is -1.97. The molecule has 0 aliphatic carbocycles. The van der Waals surface area contributed by atoms with Crippen molar-refractivity contribution in [2.45, 2.75) is 6.92 Å². The van der Waals surface area contributed by atoms with Gasteiger partial charge in [0.25, 0.3) is 0 Å². The van der Waals surface area contributed by atoms with E-state index in [1.165, 1.54) is 4.88 Å². The second-order valence-corrected chi connectivity index (χ2v) is 7.47. The zero-order valence-corrected chi connectivity index (χ0v) is 15.6. The first-order chi connectivity index (χ1) is 12.1. The Morgan fingerprint density at radius 1 is 0.920 bits per heavy atom. The highest BCUT2D eigenvalue weighted by Gasteiger charge is 2.18. The normalized spacial score (nSPS) is 11.0. The van der Waals surface area contributed by atoms with Gasteiger partial charge in [-0.15, -0.1) is 11.3 Å². The van der Waals surface area contributed by atoms with Crippen LogP contribution in [0.4, 0.5) is 11.5 Å². The van der Waals surface area contributed by atoms with E-state index in [-0.39, 0.29) is 5.28 Å². The zero-order chi connectivity index (χ0) is 17.4. The Morgan fingerprint density at radius 3 is 2.40 bits per heavy atom. The number of nitrogens with zero attached hydrogens (tertiary/aromatic N) is 2. The van der Waals surface area contributed by atoms with Crippen LogP contribution in [0.1, 0.15) is 4.88 Å². The number of hydrogen-bond acceptors (Lipinski definition) is 4. The van der Waals surface area contributed by atoms with Crippen molar-refractivity contribution in [3.63, 3.8) is 0 Å². The predicted molar refractivity (Wildman–Crippen MR) is 107 cm³/mol. The van der Waals surface area contributed by atoms with Gasteiger partial charge in [0, 0.05) is 10.4 Å². The van der Waals surface area contributed by atoms with Gasteiger partial charge in [0.1, 0.15) is 10.6 Å². The van der Waals surface area contributed by atoms with Crippen molar-refractivity contribution in [1.29, 1.82) is 0 Å². The van der Waals surface area contributed by atoms with E-state index in [1.807, 2.05) is 42.5 Å². The summed E-state index contributed by atoms with van der Waals surface area (Å²) < 4.78 is 0. The van der Waals surface area contributed by atoms with Crippen LogP contribution in [0, 0.1) is 6.92 Å². The minimum atomic E-state index is 0.211. The fraction of sp³-hybridized carbons (Fsp3) is 0.0526. The van der Waals surface area contributed by atoms with Crippen molar-refractivity contribution in [3.05, 3.63) is 69.8 Å². The average molecular weight is 386 g/mol. The van der Waals surface area contributed by atoms with Crippen molar-refractivity contribution >= 4 is 56.3 Å². The molecule has 6 heteroatoms. The molecule has 4 rings (SSSR count). The maximum absolute atomic E-state index is 6.29. The smallest absolute Gasteiger partial charge is 0.225 e. The number of anilines is 2. The lowest BCUT2D eigenvalue weighted by Gasteiger charge is -2.10. The summed E-state index contributed by atoms with van der Waals surface area (Å²) in [6.07, 6.45) is 0. The van der Waals surface area contributed by atoms with Crippen LogP contribution < -0.4 is 5.32 Å². The van der Waals surface area contributed by atoms with E-state index in [4.69, 9.17) is 23.2 Å². The van der Waals surface area contributed by atoms with E-state index in [1.54, 1.807) is 11.3 Å². The van der Waals surface area contributed by atoms with Gasteiger partial charge in [-0.1, -0.05) is 54.1 Å². The summed E-state index contributed by atoms with van der Waals surface area (Å²) in [7, 11) is 0. The van der Waals surface area contributed by atoms with Crippen LogP contribution >= 0.6 is 34.5 Å². The molecule has 0 radical (unpaired) electrons. The van der Waals surface area contributed by atoms with Gasteiger partial charge in [-0.3, -0.25) is 0 Å². The van der Waals surface area contributed by atoms with E-state index in [0.717, 1.165) is 27.0 Å². The lowest BCUT2D eigenvalue weighted by atomic mass is 10.0. The van der Waals surface area contributed by atoms with Gasteiger partial charge in [-0.2, -0.15) is 4.98 Å². The van der Waals surface area contributed by atoms with Crippen molar-refractivity contribution in [2.24, 2.45) is 0 Å². The Bertz CT molecular complexity index is 1060. The van der Waals surface area contributed by atoms with Gasteiger partial charge in [0.15, 0.2) is 0 Å². The monoisotopic (exact) mass is 385 g/mol. The highest BCUT2D eigenvalue weighted by molar-refractivity contribution is 7.19. The molecule has 4 aromatic rings. The number of aromatic nitrogens is 2. The first-order valence-electron chi connectivity index (χ1n) is 7.67. The summed E-state index contributed by atoms with van der Waals surface area (Å²) in [4.78, 5) is 10.9. The molecule has 2 aromatic heterocycles. The first kappa shape index (κ1) is 16.3. The van der Waals surface area contributed by atoms with Crippen LogP contribution in [0.25, 0.3) is 21.3 Å². The average Bonchev–Trinajstić information content (AvgIpc) is 2.93. The van der Waals surface area contributed by atoms with E-state index < -0.39 is 0 Å². The molecule has 2 heterocycles.